The van der Waals surface area contributed by atoms with Crippen molar-refractivity contribution < 1.29 is 9.84 Å². The number of para-hydroxylation sites is 1. The lowest BCUT2D eigenvalue weighted by molar-refractivity contribution is 0.199. The van der Waals surface area contributed by atoms with Crippen molar-refractivity contribution in [2.45, 2.75) is 23.8 Å². The largest absolute Gasteiger partial charge is 0.493 e. The number of hydrogen-bond acceptors (Lipinski definition) is 3. The van der Waals surface area contributed by atoms with Crippen molar-refractivity contribution in [1.29, 1.82) is 0 Å². The average molecular weight is 286 g/mol. The van der Waals surface area contributed by atoms with Gasteiger partial charge in [0.05, 0.1) is 12.7 Å². The van der Waals surface area contributed by atoms with Crippen molar-refractivity contribution in [3.05, 3.63) is 59.7 Å². The summed E-state index contributed by atoms with van der Waals surface area (Å²) in [6.45, 7) is 2.56. The summed E-state index contributed by atoms with van der Waals surface area (Å²) in [7, 11) is 0. The molecule has 2 aromatic carbocycles. The van der Waals surface area contributed by atoms with Crippen LogP contribution in [0.2, 0.25) is 0 Å². The van der Waals surface area contributed by atoms with Gasteiger partial charge < -0.3 is 9.84 Å². The molecule has 3 heteroatoms. The van der Waals surface area contributed by atoms with Crippen molar-refractivity contribution in [2.24, 2.45) is 0 Å². The molecule has 0 bridgehead atoms. The highest BCUT2D eigenvalue weighted by atomic mass is 32.2. The van der Waals surface area contributed by atoms with Gasteiger partial charge in [0.25, 0.3) is 0 Å². The molecule has 0 fully saturated rings. The standard InChI is InChI=1S/C17H18O2S/c1-12(18)13-5-4-6-15(9-13)20-11-14-10-19-17-8-3-2-7-16(14)17/h2-9,12,14,18H,10-11H2,1H3. The number of aliphatic hydroxyl groups is 1. The Balaban J connectivity index is 1.67. The topological polar surface area (TPSA) is 29.5 Å². The van der Waals surface area contributed by atoms with Crippen LogP contribution in [0.1, 0.15) is 30.1 Å². The van der Waals surface area contributed by atoms with E-state index in [2.05, 4.69) is 24.3 Å². The van der Waals surface area contributed by atoms with Crippen LogP contribution >= 0.6 is 11.8 Å². The molecule has 104 valence electrons. The molecule has 1 aliphatic heterocycles. The van der Waals surface area contributed by atoms with Crippen LogP contribution in [0.4, 0.5) is 0 Å². The molecule has 2 atom stereocenters. The van der Waals surface area contributed by atoms with Crippen LogP contribution in [-0.2, 0) is 0 Å². The van der Waals surface area contributed by atoms with Crippen LogP contribution in [0.25, 0.3) is 0 Å². The lowest BCUT2D eigenvalue weighted by Gasteiger charge is -2.10. The first-order valence-electron chi connectivity index (χ1n) is 6.86. The van der Waals surface area contributed by atoms with Gasteiger partial charge in [0.15, 0.2) is 0 Å². The van der Waals surface area contributed by atoms with Gasteiger partial charge in [-0.1, -0.05) is 30.3 Å². The maximum Gasteiger partial charge on any atom is 0.122 e. The van der Waals surface area contributed by atoms with Crippen molar-refractivity contribution >= 4 is 11.8 Å². The van der Waals surface area contributed by atoms with Crippen LogP contribution in [0.15, 0.2) is 53.4 Å². The third kappa shape index (κ3) is 2.84. The van der Waals surface area contributed by atoms with E-state index >= 15 is 0 Å². The minimum atomic E-state index is -0.411. The Kier molecular flexibility index (Phi) is 3.99. The average Bonchev–Trinajstić information content (AvgIpc) is 2.89. The van der Waals surface area contributed by atoms with E-state index in [1.807, 2.05) is 36.0 Å². The third-order valence-corrected chi connectivity index (χ3v) is 4.75. The molecule has 1 heterocycles. The van der Waals surface area contributed by atoms with E-state index in [4.69, 9.17) is 4.74 Å². The minimum Gasteiger partial charge on any atom is -0.493 e. The van der Waals surface area contributed by atoms with Gasteiger partial charge in [-0.3, -0.25) is 0 Å². The number of thioether (sulfide) groups is 1. The van der Waals surface area contributed by atoms with E-state index in [1.165, 1.54) is 10.5 Å². The molecular weight excluding hydrogens is 268 g/mol. The summed E-state index contributed by atoms with van der Waals surface area (Å²) < 4.78 is 5.71. The molecule has 1 aliphatic rings. The second-order valence-electron chi connectivity index (χ2n) is 5.11. The zero-order valence-electron chi connectivity index (χ0n) is 11.5. The Labute approximate surface area is 123 Å². The lowest BCUT2D eigenvalue weighted by Crippen LogP contribution is -2.03. The maximum absolute atomic E-state index is 9.63. The SMILES string of the molecule is CC(O)c1cccc(SCC2COc3ccccc32)c1. The fraction of sp³-hybridized carbons (Fsp3) is 0.294. The van der Waals surface area contributed by atoms with Crippen LogP contribution in [0.3, 0.4) is 0 Å². The molecule has 0 amide bonds. The zero-order valence-corrected chi connectivity index (χ0v) is 12.3. The number of rotatable bonds is 4. The molecule has 2 aromatic rings. The van der Waals surface area contributed by atoms with Gasteiger partial charge in [0, 0.05) is 22.1 Å². The van der Waals surface area contributed by atoms with Crippen molar-refractivity contribution in [2.75, 3.05) is 12.4 Å². The first-order chi connectivity index (χ1) is 9.74. The maximum atomic E-state index is 9.63. The first kappa shape index (κ1) is 13.5. The fourth-order valence-corrected chi connectivity index (χ4v) is 3.49. The Bertz CT molecular complexity index is 595. The summed E-state index contributed by atoms with van der Waals surface area (Å²) in [4.78, 5) is 1.20. The highest BCUT2D eigenvalue weighted by Gasteiger charge is 2.23. The van der Waals surface area contributed by atoms with Gasteiger partial charge in [0.2, 0.25) is 0 Å². The number of ether oxygens (including phenoxy) is 1. The van der Waals surface area contributed by atoms with Gasteiger partial charge in [-0.05, 0) is 30.7 Å². The second-order valence-corrected chi connectivity index (χ2v) is 6.20. The van der Waals surface area contributed by atoms with Gasteiger partial charge in [-0.25, -0.2) is 0 Å². The van der Waals surface area contributed by atoms with E-state index < -0.39 is 6.10 Å². The van der Waals surface area contributed by atoms with Crippen LogP contribution in [-0.4, -0.2) is 17.5 Å². The van der Waals surface area contributed by atoms with E-state index in [1.54, 1.807) is 6.92 Å². The predicted octanol–water partition coefficient (Wildman–Crippen LogP) is 4.01. The fourth-order valence-electron chi connectivity index (χ4n) is 2.43. The molecule has 20 heavy (non-hydrogen) atoms. The normalized spacial score (nSPS) is 18.4. The summed E-state index contributed by atoms with van der Waals surface area (Å²) in [5.74, 6) is 2.47. The molecule has 2 unspecified atom stereocenters. The summed E-state index contributed by atoms with van der Waals surface area (Å²) in [6.07, 6.45) is -0.411. The van der Waals surface area contributed by atoms with Crippen molar-refractivity contribution in [3.63, 3.8) is 0 Å². The molecule has 2 nitrogen and oxygen atoms in total. The van der Waals surface area contributed by atoms with Gasteiger partial charge in [0.1, 0.15) is 5.75 Å². The summed E-state index contributed by atoms with van der Waals surface area (Å²) in [5.41, 5.74) is 2.28. The molecular formula is C17H18O2S. The van der Waals surface area contributed by atoms with E-state index in [0.29, 0.717) is 5.92 Å². The van der Waals surface area contributed by atoms with Gasteiger partial charge >= 0.3 is 0 Å². The number of benzene rings is 2. The van der Waals surface area contributed by atoms with Crippen LogP contribution < -0.4 is 4.74 Å². The first-order valence-corrected chi connectivity index (χ1v) is 7.85. The quantitative estimate of drug-likeness (QED) is 0.861. The summed E-state index contributed by atoms with van der Waals surface area (Å²) >= 11 is 1.82. The second kappa shape index (κ2) is 5.90. The summed E-state index contributed by atoms with van der Waals surface area (Å²) in [5, 5.41) is 9.63. The number of fused-ring (bicyclic) bond motifs is 1. The van der Waals surface area contributed by atoms with Crippen molar-refractivity contribution in [1.82, 2.24) is 0 Å². The van der Waals surface area contributed by atoms with E-state index in [0.717, 1.165) is 23.7 Å². The smallest absolute Gasteiger partial charge is 0.122 e. The lowest BCUT2D eigenvalue weighted by atomic mass is 10.0. The minimum absolute atomic E-state index is 0.411. The third-order valence-electron chi connectivity index (χ3n) is 3.59. The monoisotopic (exact) mass is 286 g/mol. The number of aliphatic hydroxyl groups excluding tert-OH is 1. The molecule has 0 saturated carbocycles. The van der Waals surface area contributed by atoms with Gasteiger partial charge in [-0.2, -0.15) is 0 Å². The zero-order chi connectivity index (χ0) is 13.9. The van der Waals surface area contributed by atoms with Crippen LogP contribution in [0, 0.1) is 0 Å². The molecule has 0 aliphatic carbocycles. The Morgan fingerprint density at radius 3 is 2.95 bits per heavy atom. The Morgan fingerprint density at radius 1 is 1.25 bits per heavy atom. The molecule has 0 saturated heterocycles. The molecule has 3 rings (SSSR count). The summed E-state index contributed by atoms with van der Waals surface area (Å²) in [6, 6.07) is 16.4. The van der Waals surface area contributed by atoms with Crippen molar-refractivity contribution in [3.8, 4) is 5.75 Å². The molecule has 0 radical (unpaired) electrons. The Morgan fingerprint density at radius 2 is 2.10 bits per heavy atom. The molecule has 1 N–H and O–H groups in total. The van der Waals surface area contributed by atoms with Gasteiger partial charge in [-0.15, -0.1) is 11.8 Å². The Hall–Kier alpha value is -1.45. The van der Waals surface area contributed by atoms with E-state index in [-0.39, 0.29) is 0 Å². The molecule has 0 spiro atoms. The molecule has 0 aromatic heterocycles. The highest BCUT2D eigenvalue weighted by molar-refractivity contribution is 7.99. The predicted molar refractivity (Wildman–Crippen MR) is 82.5 cm³/mol. The van der Waals surface area contributed by atoms with Crippen LogP contribution in [0.5, 0.6) is 5.75 Å². The number of hydrogen-bond donors (Lipinski definition) is 1. The highest BCUT2D eigenvalue weighted by Crippen LogP contribution is 2.37. The van der Waals surface area contributed by atoms with E-state index in [9.17, 15) is 5.11 Å².